The van der Waals surface area contributed by atoms with Gasteiger partial charge < -0.3 is 9.84 Å². The van der Waals surface area contributed by atoms with E-state index in [0.29, 0.717) is 24.3 Å². The molecule has 1 unspecified atom stereocenters. The van der Waals surface area contributed by atoms with Crippen LogP contribution in [-0.2, 0) is 0 Å². The maximum atomic E-state index is 13.1. The molecule has 18 heavy (non-hydrogen) atoms. The van der Waals surface area contributed by atoms with E-state index in [9.17, 15) is 13.9 Å². The number of aliphatic hydroxyl groups excluding tert-OH is 1. The molecule has 0 radical (unpaired) electrons. The van der Waals surface area contributed by atoms with E-state index < -0.39 is 12.0 Å². The summed E-state index contributed by atoms with van der Waals surface area (Å²) in [7, 11) is 1.50. The van der Waals surface area contributed by atoms with Gasteiger partial charge in [0, 0.05) is 19.0 Å². The fraction of sp³-hybridized carbons (Fsp3) is 0.615. The summed E-state index contributed by atoms with van der Waals surface area (Å²) in [6, 6.07) is 3.42. The Morgan fingerprint density at radius 3 is 2.72 bits per heavy atom. The highest BCUT2D eigenvalue weighted by Crippen LogP contribution is 2.42. The SMILES string of the molecule is COc1cccnc1C(O)C1CCC(F)(F)CC1. The first-order valence-electron chi connectivity index (χ1n) is 6.08. The Balaban J connectivity index is 2.10. The largest absolute Gasteiger partial charge is 0.495 e. The van der Waals surface area contributed by atoms with Crippen molar-refractivity contribution in [1.82, 2.24) is 4.98 Å². The van der Waals surface area contributed by atoms with Crippen molar-refractivity contribution in [3.8, 4) is 5.75 Å². The molecule has 1 aliphatic rings. The van der Waals surface area contributed by atoms with E-state index in [1.807, 2.05) is 0 Å². The number of aromatic nitrogens is 1. The lowest BCUT2D eigenvalue weighted by Gasteiger charge is -2.31. The minimum absolute atomic E-state index is 0.163. The molecule has 0 bridgehead atoms. The molecular formula is C13H17F2NO2. The van der Waals surface area contributed by atoms with Gasteiger partial charge in [-0.05, 0) is 30.9 Å². The third kappa shape index (κ3) is 2.77. The van der Waals surface area contributed by atoms with Crippen molar-refractivity contribution in [2.75, 3.05) is 7.11 Å². The van der Waals surface area contributed by atoms with Crippen LogP contribution in [0.4, 0.5) is 8.78 Å². The molecule has 2 rings (SSSR count). The van der Waals surface area contributed by atoms with Gasteiger partial charge in [0.15, 0.2) is 0 Å². The fourth-order valence-electron chi connectivity index (χ4n) is 2.40. The van der Waals surface area contributed by atoms with Gasteiger partial charge in [0.2, 0.25) is 5.92 Å². The van der Waals surface area contributed by atoms with Crippen LogP contribution in [0.5, 0.6) is 5.75 Å². The minimum atomic E-state index is -2.58. The number of aliphatic hydroxyl groups is 1. The first kappa shape index (κ1) is 13.2. The van der Waals surface area contributed by atoms with Crippen LogP contribution < -0.4 is 4.74 Å². The van der Waals surface area contributed by atoms with Crippen molar-refractivity contribution < 1.29 is 18.6 Å². The summed E-state index contributed by atoms with van der Waals surface area (Å²) in [5.74, 6) is -2.25. The summed E-state index contributed by atoms with van der Waals surface area (Å²) in [6.07, 6.45) is 1.03. The van der Waals surface area contributed by atoms with E-state index in [1.165, 1.54) is 7.11 Å². The molecule has 1 aromatic heterocycles. The third-order valence-electron chi connectivity index (χ3n) is 3.51. The molecule has 3 nitrogen and oxygen atoms in total. The number of pyridine rings is 1. The van der Waals surface area contributed by atoms with Crippen LogP contribution in [0.3, 0.4) is 0 Å². The Hall–Kier alpha value is -1.23. The molecule has 5 heteroatoms. The molecule has 1 saturated carbocycles. The van der Waals surface area contributed by atoms with Crippen LogP contribution in [0.2, 0.25) is 0 Å². The van der Waals surface area contributed by atoms with Gasteiger partial charge in [-0.3, -0.25) is 4.98 Å². The topological polar surface area (TPSA) is 42.4 Å². The predicted molar refractivity (Wildman–Crippen MR) is 62.7 cm³/mol. The number of nitrogens with zero attached hydrogens (tertiary/aromatic N) is 1. The lowest BCUT2D eigenvalue weighted by atomic mass is 9.82. The molecular weight excluding hydrogens is 240 g/mol. The molecule has 1 heterocycles. The van der Waals surface area contributed by atoms with Crippen LogP contribution >= 0.6 is 0 Å². The lowest BCUT2D eigenvalue weighted by Crippen LogP contribution is -2.28. The molecule has 1 aliphatic carbocycles. The van der Waals surface area contributed by atoms with Crippen molar-refractivity contribution in [1.29, 1.82) is 0 Å². The van der Waals surface area contributed by atoms with Gasteiger partial charge >= 0.3 is 0 Å². The van der Waals surface area contributed by atoms with E-state index in [0.717, 1.165) is 0 Å². The molecule has 1 aromatic rings. The highest BCUT2D eigenvalue weighted by molar-refractivity contribution is 5.29. The minimum Gasteiger partial charge on any atom is -0.495 e. The zero-order valence-electron chi connectivity index (χ0n) is 10.3. The van der Waals surface area contributed by atoms with Gasteiger partial charge in [-0.25, -0.2) is 8.78 Å². The van der Waals surface area contributed by atoms with Crippen molar-refractivity contribution in [3.63, 3.8) is 0 Å². The monoisotopic (exact) mass is 257 g/mol. The van der Waals surface area contributed by atoms with Gasteiger partial charge in [-0.1, -0.05) is 0 Å². The molecule has 0 saturated heterocycles. The lowest BCUT2D eigenvalue weighted by molar-refractivity contribution is -0.0634. The van der Waals surface area contributed by atoms with Crippen LogP contribution in [0.15, 0.2) is 18.3 Å². The molecule has 1 fully saturated rings. The zero-order valence-corrected chi connectivity index (χ0v) is 10.3. The molecule has 0 amide bonds. The van der Waals surface area contributed by atoms with Gasteiger partial charge in [0.05, 0.1) is 7.11 Å². The number of halogens is 2. The number of hydrogen-bond donors (Lipinski definition) is 1. The van der Waals surface area contributed by atoms with E-state index in [4.69, 9.17) is 4.74 Å². The number of alkyl halides is 2. The van der Waals surface area contributed by atoms with Crippen LogP contribution in [0.1, 0.15) is 37.5 Å². The quantitative estimate of drug-likeness (QED) is 0.905. The van der Waals surface area contributed by atoms with Crippen molar-refractivity contribution >= 4 is 0 Å². The van der Waals surface area contributed by atoms with E-state index in [1.54, 1.807) is 18.3 Å². The first-order chi connectivity index (χ1) is 8.53. The predicted octanol–water partition coefficient (Wildman–Crippen LogP) is 2.95. The average molecular weight is 257 g/mol. The van der Waals surface area contributed by atoms with Gasteiger partial charge in [-0.15, -0.1) is 0 Å². The molecule has 100 valence electrons. The number of ether oxygens (including phenoxy) is 1. The summed E-state index contributed by atoms with van der Waals surface area (Å²) < 4.78 is 31.3. The summed E-state index contributed by atoms with van der Waals surface area (Å²) in [5.41, 5.74) is 0.440. The average Bonchev–Trinajstić information content (AvgIpc) is 2.38. The highest BCUT2D eigenvalue weighted by atomic mass is 19.3. The number of methoxy groups -OCH3 is 1. The first-order valence-corrected chi connectivity index (χ1v) is 6.08. The number of hydrogen-bond acceptors (Lipinski definition) is 3. The Kier molecular flexibility index (Phi) is 3.80. The Morgan fingerprint density at radius 2 is 2.11 bits per heavy atom. The van der Waals surface area contributed by atoms with Gasteiger partial charge in [-0.2, -0.15) is 0 Å². The van der Waals surface area contributed by atoms with E-state index in [2.05, 4.69) is 4.98 Å². The smallest absolute Gasteiger partial charge is 0.248 e. The van der Waals surface area contributed by atoms with Crippen LogP contribution in [0, 0.1) is 5.92 Å². The molecule has 0 aliphatic heterocycles. The van der Waals surface area contributed by atoms with Gasteiger partial charge in [0.25, 0.3) is 0 Å². The second-order valence-electron chi connectivity index (χ2n) is 4.73. The van der Waals surface area contributed by atoms with Gasteiger partial charge in [0.1, 0.15) is 17.5 Å². The number of rotatable bonds is 3. The Morgan fingerprint density at radius 1 is 1.44 bits per heavy atom. The van der Waals surface area contributed by atoms with Crippen LogP contribution in [0.25, 0.3) is 0 Å². The second-order valence-corrected chi connectivity index (χ2v) is 4.73. The summed E-state index contributed by atoms with van der Waals surface area (Å²) in [4.78, 5) is 4.10. The van der Waals surface area contributed by atoms with E-state index in [-0.39, 0.29) is 18.8 Å². The highest BCUT2D eigenvalue weighted by Gasteiger charge is 2.38. The molecule has 1 N–H and O–H groups in total. The summed E-state index contributed by atoms with van der Waals surface area (Å²) in [6.45, 7) is 0. The van der Waals surface area contributed by atoms with E-state index >= 15 is 0 Å². The normalized spacial score (nSPS) is 21.6. The summed E-state index contributed by atoms with van der Waals surface area (Å²) in [5, 5.41) is 10.2. The third-order valence-corrected chi connectivity index (χ3v) is 3.51. The second kappa shape index (κ2) is 5.18. The maximum absolute atomic E-state index is 13.1. The maximum Gasteiger partial charge on any atom is 0.248 e. The standard InChI is InChI=1S/C13H17F2NO2/c1-18-10-3-2-8-16-11(10)12(17)9-4-6-13(14,15)7-5-9/h2-3,8-9,12,17H,4-7H2,1H3. The molecule has 0 spiro atoms. The Bertz CT molecular complexity index is 402. The molecule has 0 aromatic carbocycles. The van der Waals surface area contributed by atoms with Crippen molar-refractivity contribution in [3.05, 3.63) is 24.0 Å². The molecule has 1 atom stereocenters. The van der Waals surface area contributed by atoms with Crippen LogP contribution in [-0.4, -0.2) is 23.1 Å². The summed E-state index contributed by atoms with van der Waals surface area (Å²) >= 11 is 0. The zero-order chi connectivity index (χ0) is 13.2. The van der Waals surface area contributed by atoms with Crippen molar-refractivity contribution in [2.45, 2.75) is 37.7 Å². The fourth-order valence-corrected chi connectivity index (χ4v) is 2.40. The van der Waals surface area contributed by atoms with Crippen molar-refractivity contribution in [2.24, 2.45) is 5.92 Å². The Labute approximate surface area is 105 Å².